The zero-order valence-corrected chi connectivity index (χ0v) is 13.7. The molecule has 1 fully saturated rings. The normalized spacial score (nSPS) is 18.6. The van der Waals surface area contributed by atoms with Crippen LogP contribution in [0.2, 0.25) is 0 Å². The zero-order chi connectivity index (χ0) is 17.2. The first-order valence-corrected chi connectivity index (χ1v) is 7.71. The number of aryl methyl sites for hydroxylation is 1. The highest BCUT2D eigenvalue weighted by atomic mass is 16.5. The lowest BCUT2D eigenvalue weighted by Crippen LogP contribution is -2.38. The van der Waals surface area contributed by atoms with Gasteiger partial charge < -0.3 is 19.8 Å². The van der Waals surface area contributed by atoms with Gasteiger partial charge in [-0.2, -0.15) is 0 Å². The Bertz CT molecular complexity index is 611. The van der Waals surface area contributed by atoms with Crippen LogP contribution in [0.1, 0.15) is 43.7 Å². The molecule has 1 saturated heterocycles. The number of amides is 1. The molecule has 0 saturated carbocycles. The van der Waals surface area contributed by atoms with Gasteiger partial charge in [0, 0.05) is 19.0 Å². The second-order valence-corrected chi connectivity index (χ2v) is 6.51. The van der Waals surface area contributed by atoms with Crippen LogP contribution < -0.4 is 4.74 Å². The molecule has 1 heterocycles. The number of rotatable bonds is 4. The molecule has 1 aliphatic rings. The Morgan fingerprint density at radius 2 is 2.00 bits per heavy atom. The summed E-state index contributed by atoms with van der Waals surface area (Å²) in [7, 11) is 0. The molecule has 1 aromatic carbocycles. The number of likely N-dealkylation sites (tertiary alicyclic amines) is 1. The number of hydrogen-bond acceptors (Lipinski definition) is 3. The van der Waals surface area contributed by atoms with E-state index < -0.39 is 17.7 Å². The molecule has 0 bridgehead atoms. The highest BCUT2D eigenvalue weighted by Crippen LogP contribution is 2.32. The highest BCUT2D eigenvalue weighted by Gasteiger charge is 2.30. The number of carbonyl (C=O) groups is 2. The molecule has 0 aliphatic carbocycles. The Morgan fingerprint density at radius 1 is 1.30 bits per heavy atom. The molecular weight excluding hydrogens is 298 g/mol. The van der Waals surface area contributed by atoms with Gasteiger partial charge in [-0.3, -0.25) is 0 Å². The SMILES string of the molecule is Cc1ccc([C@H]2CCCN(C(=O)O)C2)cc1OC(C)(C)C(=O)O. The summed E-state index contributed by atoms with van der Waals surface area (Å²) >= 11 is 0. The Labute approximate surface area is 135 Å². The monoisotopic (exact) mass is 321 g/mol. The van der Waals surface area contributed by atoms with E-state index in [0.29, 0.717) is 18.8 Å². The van der Waals surface area contributed by atoms with E-state index >= 15 is 0 Å². The lowest BCUT2D eigenvalue weighted by atomic mass is 9.90. The van der Waals surface area contributed by atoms with Crippen LogP contribution in [0.5, 0.6) is 5.75 Å². The van der Waals surface area contributed by atoms with Crippen LogP contribution in [0.15, 0.2) is 18.2 Å². The van der Waals surface area contributed by atoms with Gasteiger partial charge in [-0.05, 0) is 50.8 Å². The predicted molar refractivity (Wildman–Crippen MR) is 85.1 cm³/mol. The molecule has 0 spiro atoms. The molecule has 23 heavy (non-hydrogen) atoms. The Hall–Kier alpha value is -2.24. The van der Waals surface area contributed by atoms with Gasteiger partial charge in [-0.1, -0.05) is 12.1 Å². The average Bonchev–Trinajstić information content (AvgIpc) is 2.49. The number of ether oxygens (including phenoxy) is 1. The van der Waals surface area contributed by atoms with Crippen molar-refractivity contribution in [3.05, 3.63) is 29.3 Å². The third-order valence-electron chi connectivity index (χ3n) is 4.26. The van der Waals surface area contributed by atoms with E-state index in [1.54, 1.807) is 0 Å². The summed E-state index contributed by atoms with van der Waals surface area (Å²) in [5.74, 6) is -0.393. The fraction of sp³-hybridized carbons (Fsp3) is 0.529. The lowest BCUT2D eigenvalue weighted by molar-refractivity contribution is -0.152. The molecule has 0 radical (unpaired) electrons. The van der Waals surface area contributed by atoms with Gasteiger partial charge >= 0.3 is 12.1 Å². The third kappa shape index (κ3) is 3.94. The second-order valence-electron chi connectivity index (χ2n) is 6.51. The lowest BCUT2D eigenvalue weighted by Gasteiger charge is -2.31. The molecule has 6 nitrogen and oxygen atoms in total. The first kappa shape index (κ1) is 17.1. The molecule has 1 atom stereocenters. The number of carboxylic acids is 1. The summed E-state index contributed by atoms with van der Waals surface area (Å²) in [6, 6.07) is 5.70. The van der Waals surface area contributed by atoms with Crippen LogP contribution in [-0.4, -0.2) is 45.9 Å². The summed E-state index contributed by atoms with van der Waals surface area (Å²) in [5, 5.41) is 18.4. The summed E-state index contributed by atoms with van der Waals surface area (Å²) in [6.07, 6.45) is 0.835. The Kier molecular flexibility index (Phi) is 4.82. The highest BCUT2D eigenvalue weighted by molar-refractivity contribution is 5.76. The van der Waals surface area contributed by atoms with Gasteiger partial charge in [-0.15, -0.1) is 0 Å². The number of hydrogen-bond donors (Lipinski definition) is 2. The third-order valence-corrected chi connectivity index (χ3v) is 4.26. The first-order valence-electron chi connectivity index (χ1n) is 7.71. The number of carboxylic acid groups (broad SMARTS) is 2. The topological polar surface area (TPSA) is 87.1 Å². The largest absolute Gasteiger partial charge is 0.478 e. The van der Waals surface area contributed by atoms with Crippen molar-refractivity contribution in [2.45, 2.75) is 45.1 Å². The smallest absolute Gasteiger partial charge is 0.407 e. The van der Waals surface area contributed by atoms with Crippen molar-refractivity contribution < 1.29 is 24.5 Å². The first-order chi connectivity index (χ1) is 10.7. The maximum atomic E-state index is 11.2. The van der Waals surface area contributed by atoms with Gasteiger partial charge in [0.15, 0.2) is 5.60 Å². The number of piperidine rings is 1. The number of aliphatic carboxylic acids is 1. The van der Waals surface area contributed by atoms with E-state index in [1.807, 2.05) is 25.1 Å². The van der Waals surface area contributed by atoms with E-state index in [4.69, 9.17) is 9.84 Å². The number of nitrogens with zero attached hydrogens (tertiary/aromatic N) is 1. The standard InChI is InChI=1S/C17H23NO5/c1-11-6-7-12(9-14(11)23-17(2,3)15(19)20)13-5-4-8-18(10-13)16(21)22/h6-7,9,13H,4-5,8,10H2,1-3H3,(H,19,20)(H,21,22)/t13-/m0/s1. The molecule has 2 rings (SSSR count). The molecule has 0 unspecified atom stereocenters. The van der Waals surface area contributed by atoms with Crippen molar-refractivity contribution in [3.8, 4) is 5.75 Å². The van der Waals surface area contributed by atoms with Gasteiger partial charge in [0.2, 0.25) is 0 Å². The molecular formula is C17H23NO5. The summed E-state index contributed by atoms with van der Waals surface area (Å²) in [4.78, 5) is 23.8. The summed E-state index contributed by atoms with van der Waals surface area (Å²) < 4.78 is 5.67. The minimum absolute atomic E-state index is 0.107. The van der Waals surface area contributed by atoms with Crippen molar-refractivity contribution in [3.63, 3.8) is 0 Å². The predicted octanol–water partition coefficient (Wildman–Crippen LogP) is 3.09. The van der Waals surface area contributed by atoms with Crippen molar-refractivity contribution in [1.82, 2.24) is 4.90 Å². The van der Waals surface area contributed by atoms with Crippen molar-refractivity contribution in [1.29, 1.82) is 0 Å². The fourth-order valence-corrected chi connectivity index (χ4v) is 2.72. The zero-order valence-electron chi connectivity index (χ0n) is 13.7. The molecule has 1 amide bonds. The Balaban J connectivity index is 2.23. The molecule has 126 valence electrons. The molecule has 1 aromatic rings. The summed E-state index contributed by atoms with van der Waals surface area (Å²) in [5.41, 5.74) is 0.523. The van der Waals surface area contributed by atoms with E-state index in [9.17, 15) is 14.7 Å². The Morgan fingerprint density at radius 3 is 2.61 bits per heavy atom. The van der Waals surface area contributed by atoms with Crippen LogP contribution in [0.4, 0.5) is 4.79 Å². The van der Waals surface area contributed by atoms with Crippen molar-refractivity contribution in [2.75, 3.05) is 13.1 Å². The van der Waals surface area contributed by atoms with E-state index in [0.717, 1.165) is 24.0 Å². The molecule has 6 heteroatoms. The van der Waals surface area contributed by atoms with Gasteiger partial charge in [0.05, 0.1) is 0 Å². The van der Waals surface area contributed by atoms with E-state index in [2.05, 4.69) is 0 Å². The second kappa shape index (κ2) is 6.48. The van der Waals surface area contributed by atoms with Crippen molar-refractivity contribution in [2.24, 2.45) is 0 Å². The van der Waals surface area contributed by atoms with Crippen LogP contribution in [0.3, 0.4) is 0 Å². The molecule has 0 aromatic heterocycles. The maximum Gasteiger partial charge on any atom is 0.407 e. The average molecular weight is 321 g/mol. The van der Waals surface area contributed by atoms with E-state index in [-0.39, 0.29) is 5.92 Å². The summed E-state index contributed by atoms with van der Waals surface area (Å²) in [6.45, 7) is 5.90. The quantitative estimate of drug-likeness (QED) is 0.890. The number of benzene rings is 1. The fourth-order valence-electron chi connectivity index (χ4n) is 2.72. The van der Waals surface area contributed by atoms with Crippen LogP contribution in [0.25, 0.3) is 0 Å². The molecule has 1 aliphatic heterocycles. The van der Waals surface area contributed by atoms with Crippen LogP contribution in [0, 0.1) is 6.92 Å². The van der Waals surface area contributed by atoms with Crippen LogP contribution >= 0.6 is 0 Å². The van der Waals surface area contributed by atoms with Crippen molar-refractivity contribution >= 4 is 12.1 Å². The molecule has 2 N–H and O–H groups in total. The van der Waals surface area contributed by atoms with Gasteiger partial charge in [0.1, 0.15) is 5.75 Å². The van der Waals surface area contributed by atoms with Crippen LogP contribution in [-0.2, 0) is 4.79 Å². The van der Waals surface area contributed by atoms with E-state index in [1.165, 1.54) is 18.7 Å². The minimum Gasteiger partial charge on any atom is -0.478 e. The maximum absolute atomic E-state index is 11.2. The van der Waals surface area contributed by atoms with Gasteiger partial charge in [-0.25, -0.2) is 9.59 Å². The van der Waals surface area contributed by atoms with Gasteiger partial charge in [0.25, 0.3) is 0 Å². The minimum atomic E-state index is -1.32.